The van der Waals surface area contributed by atoms with Crippen molar-refractivity contribution in [1.82, 2.24) is 4.90 Å². The molecule has 0 saturated carbocycles. The van der Waals surface area contributed by atoms with Gasteiger partial charge in [-0.05, 0) is 6.92 Å². The maximum atomic E-state index is 6.46. The summed E-state index contributed by atoms with van der Waals surface area (Å²) in [6.07, 6.45) is 1.25. The Morgan fingerprint density at radius 2 is 1.58 bits per heavy atom. The highest BCUT2D eigenvalue weighted by molar-refractivity contribution is 5.49. The summed E-state index contributed by atoms with van der Waals surface area (Å²) >= 11 is 0. The molecule has 66 valence electrons. The molecule has 2 heteroatoms. The zero-order valence-electron chi connectivity index (χ0n) is 7.91. The lowest BCUT2D eigenvalue weighted by molar-refractivity contribution is 0.639. The Morgan fingerprint density at radius 3 is 1.75 bits per heavy atom. The first kappa shape index (κ1) is 10.7. The third-order valence-corrected chi connectivity index (χ3v) is 1.20. The van der Waals surface area contributed by atoms with Gasteiger partial charge >= 0.3 is 0 Å². The summed E-state index contributed by atoms with van der Waals surface area (Å²) in [4.78, 5) is 1.67. The normalized spacial score (nSPS) is 7.92. The Hall–Kier alpha value is -1.31. The molecular weight excluding hydrogens is 148 g/mol. The van der Waals surface area contributed by atoms with E-state index in [1.54, 1.807) is 4.90 Å². The van der Waals surface area contributed by atoms with E-state index in [1.807, 2.05) is 32.3 Å². The van der Waals surface area contributed by atoms with Crippen LogP contribution in [0.15, 0.2) is 30.3 Å². The van der Waals surface area contributed by atoms with Gasteiger partial charge in [0.1, 0.15) is 0 Å². The fourth-order valence-electron chi connectivity index (χ4n) is 0.534. The van der Waals surface area contributed by atoms with E-state index in [-0.39, 0.29) is 0 Å². The van der Waals surface area contributed by atoms with Crippen LogP contribution in [-0.4, -0.2) is 25.3 Å². The lowest BCUT2D eigenvalue weighted by Gasteiger charge is -1.96. The highest BCUT2D eigenvalue weighted by Gasteiger charge is 1.72. The smallest absolute Gasteiger partial charge is 0.0812 e. The van der Waals surface area contributed by atoms with Crippen LogP contribution in [0.3, 0.4) is 0 Å². The molecule has 0 saturated heterocycles. The predicted molar refractivity (Wildman–Crippen MR) is 53.6 cm³/mol. The number of benzene rings is 1. The van der Waals surface area contributed by atoms with Gasteiger partial charge in [-0.2, -0.15) is 0 Å². The van der Waals surface area contributed by atoms with E-state index in [2.05, 4.69) is 19.1 Å². The van der Waals surface area contributed by atoms with E-state index in [0.717, 1.165) is 0 Å². The van der Waals surface area contributed by atoms with E-state index in [0.29, 0.717) is 0 Å². The molecule has 0 spiro atoms. The Balaban J connectivity index is 0.000000217. The molecule has 12 heavy (non-hydrogen) atoms. The van der Waals surface area contributed by atoms with E-state index in [4.69, 9.17) is 5.41 Å². The molecule has 1 rings (SSSR count). The summed E-state index contributed by atoms with van der Waals surface area (Å²) in [5.74, 6) is 0. The van der Waals surface area contributed by atoms with Gasteiger partial charge in [0, 0.05) is 14.1 Å². The third-order valence-electron chi connectivity index (χ3n) is 1.20. The van der Waals surface area contributed by atoms with Crippen molar-refractivity contribution in [2.45, 2.75) is 6.92 Å². The van der Waals surface area contributed by atoms with E-state index in [9.17, 15) is 0 Å². The minimum atomic E-state index is 1.25. The monoisotopic (exact) mass is 164 g/mol. The number of nitrogens with zero attached hydrogens (tertiary/aromatic N) is 1. The molecule has 1 aromatic rings. The molecule has 0 fully saturated rings. The zero-order chi connectivity index (χ0) is 9.40. The molecule has 0 aromatic heterocycles. The second kappa shape index (κ2) is 6.40. The van der Waals surface area contributed by atoms with Crippen molar-refractivity contribution in [1.29, 1.82) is 5.41 Å². The highest BCUT2D eigenvalue weighted by Crippen LogP contribution is 1.92. The summed E-state index contributed by atoms with van der Waals surface area (Å²) < 4.78 is 0. The van der Waals surface area contributed by atoms with Crippen LogP contribution in [-0.2, 0) is 0 Å². The summed E-state index contributed by atoms with van der Waals surface area (Å²) in [5.41, 5.74) is 1.32. The third kappa shape index (κ3) is 6.81. The lowest BCUT2D eigenvalue weighted by atomic mass is 10.2. The summed E-state index contributed by atoms with van der Waals surface area (Å²) in [6.45, 7) is 2.08. The van der Waals surface area contributed by atoms with Crippen molar-refractivity contribution in [2.75, 3.05) is 14.1 Å². The van der Waals surface area contributed by atoms with Crippen molar-refractivity contribution in [3.05, 3.63) is 35.9 Å². The topological polar surface area (TPSA) is 27.1 Å². The lowest BCUT2D eigenvalue weighted by Crippen LogP contribution is -2.05. The highest BCUT2D eigenvalue weighted by atomic mass is 15.1. The molecule has 0 unspecified atom stereocenters. The standard InChI is InChI=1S/C7H8.C3H8N2/c1-7-5-3-2-4-6-7;1-5(2)3-4/h2-6H,1H3;3-4H,1-2H3. The molecule has 0 heterocycles. The number of nitrogens with one attached hydrogen (secondary N) is 1. The molecular formula is C10H16N2. The van der Waals surface area contributed by atoms with E-state index in [1.165, 1.54) is 11.9 Å². The molecule has 1 N–H and O–H groups in total. The SMILES string of the molecule is CN(C)C=N.Cc1ccccc1. The van der Waals surface area contributed by atoms with Crippen LogP contribution in [0.25, 0.3) is 0 Å². The van der Waals surface area contributed by atoms with Gasteiger partial charge in [0.25, 0.3) is 0 Å². The van der Waals surface area contributed by atoms with Crippen molar-refractivity contribution in [3.63, 3.8) is 0 Å². The van der Waals surface area contributed by atoms with Gasteiger partial charge in [0.2, 0.25) is 0 Å². The molecule has 0 bridgehead atoms. The molecule has 2 nitrogen and oxygen atoms in total. The fourth-order valence-corrected chi connectivity index (χ4v) is 0.534. The first-order valence-electron chi connectivity index (χ1n) is 3.85. The van der Waals surface area contributed by atoms with Crippen LogP contribution in [0.1, 0.15) is 5.56 Å². The largest absolute Gasteiger partial charge is 0.369 e. The second-order valence-electron chi connectivity index (χ2n) is 2.75. The summed E-state index contributed by atoms with van der Waals surface area (Å²) in [5, 5.41) is 6.46. The number of rotatable bonds is 1. The van der Waals surface area contributed by atoms with Crippen LogP contribution in [0.5, 0.6) is 0 Å². The predicted octanol–water partition coefficient (Wildman–Crippen LogP) is 2.15. The van der Waals surface area contributed by atoms with Crippen LogP contribution in [0.4, 0.5) is 0 Å². The first-order valence-corrected chi connectivity index (χ1v) is 3.85. The summed E-state index contributed by atoms with van der Waals surface area (Å²) in [6, 6.07) is 10.3. The van der Waals surface area contributed by atoms with Gasteiger partial charge in [-0.1, -0.05) is 35.9 Å². The molecule has 0 radical (unpaired) electrons. The van der Waals surface area contributed by atoms with Gasteiger partial charge in [0.05, 0.1) is 6.34 Å². The van der Waals surface area contributed by atoms with Crippen LogP contribution >= 0.6 is 0 Å². The average Bonchev–Trinajstić information content (AvgIpc) is 2.07. The van der Waals surface area contributed by atoms with Crippen molar-refractivity contribution < 1.29 is 0 Å². The van der Waals surface area contributed by atoms with Gasteiger partial charge in [-0.25, -0.2) is 0 Å². The Kier molecular flexibility index (Phi) is 5.70. The van der Waals surface area contributed by atoms with Crippen molar-refractivity contribution >= 4 is 6.34 Å². The van der Waals surface area contributed by atoms with Gasteiger partial charge in [-0.15, -0.1) is 0 Å². The molecule has 0 aliphatic carbocycles. The molecule has 0 atom stereocenters. The second-order valence-corrected chi connectivity index (χ2v) is 2.75. The van der Waals surface area contributed by atoms with Crippen LogP contribution < -0.4 is 0 Å². The molecule has 0 aliphatic rings. The van der Waals surface area contributed by atoms with Gasteiger partial charge in [-0.3, -0.25) is 5.41 Å². The maximum absolute atomic E-state index is 6.46. The van der Waals surface area contributed by atoms with Crippen molar-refractivity contribution in [3.8, 4) is 0 Å². The number of aryl methyl sites for hydroxylation is 1. The van der Waals surface area contributed by atoms with Crippen molar-refractivity contribution in [2.24, 2.45) is 0 Å². The first-order chi connectivity index (χ1) is 5.66. The van der Waals surface area contributed by atoms with Gasteiger partial charge in [0.15, 0.2) is 0 Å². The minimum Gasteiger partial charge on any atom is -0.369 e. The maximum Gasteiger partial charge on any atom is 0.0812 e. The minimum absolute atomic E-state index is 1.25. The average molecular weight is 164 g/mol. The Morgan fingerprint density at radius 1 is 1.17 bits per heavy atom. The van der Waals surface area contributed by atoms with E-state index < -0.39 is 0 Å². The Labute approximate surface area is 74.3 Å². The molecule has 0 amide bonds. The number of hydrogen-bond donors (Lipinski definition) is 1. The van der Waals surface area contributed by atoms with E-state index >= 15 is 0 Å². The fraction of sp³-hybridized carbons (Fsp3) is 0.300. The number of hydrogen-bond acceptors (Lipinski definition) is 1. The van der Waals surface area contributed by atoms with Crippen LogP contribution in [0, 0.1) is 12.3 Å². The molecule has 0 aliphatic heterocycles. The summed E-state index contributed by atoms with van der Waals surface area (Å²) in [7, 11) is 3.62. The zero-order valence-corrected chi connectivity index (χ0v) is 7.91. The van der Waals surface area contributed by atoms with Gasteiger partial charge < -0.3 is 4.90 Å². The van der Waals surface area contributed by atoms with Crippen LogP contribution in [0.2, 0.25) is 0 Å². The quantitative estimate of drug-likeness (QED) is 0.499. The Bertz CT molecular complexity index is 204. The molecule has 1 aromatic carbocycles.